The third-order valence-corrected chi connectivity index (χ3v) is 5.28. The molecule has 0 aromatic heterocycles. The zero-order valence-corrected chi connectivity index (χ0v) is 15.0. The molecule has 25 heavy (non-hydrogen) atoms. The van der Waals surface area contributed by atoms with Gasteiger partial charge in [-0.3, -0.25) is 14.6 Å². The SMILES string of the molecule is Cc1cc(F)ccc1C(O)CN1CCN(C(C)C(=O)NC2CC2)CC1. The van der Waals surface area contributed by atoms with E-state index in [2.05, 4.69) is 15.1 Å². The van der Waals surface area contributed by atoms with E-state index in [0.29, 0.717) is 12.6 Å². The Morgan fingerprint density at radius 2 is 2.00 bits per heavy atom. The maximum Gasteiger partial charge on any atom is 0.237 e. The molecular formula is C19H28FN3O2. The predicted molar refractivity (Wildman–Crippen MR) is 94.7 cm³/mol. The molecule has 2 unspecified atom stereocenters. The number of benzene rings is 1. The van der Waals surface area contributed by atoms with Gasteiger partial charge in [0.05, 0.1) is 12.1 Å². The molecule has 2 N–H and O–H groups in total. The van der Waals surface area contributed by atoms with Gasteiger partial charge in [-0.2, -0.15) is 0 Å². The van der Waals surface area contributed by atoms with Crippen LogP contribution in [0.4, 0.5) is 4.39 Å². The first-order valence-corrected chi connectivity index (χ1v) is 9.15. The number of nitrogens with zero attached hydrogens (tertiary/aromatic N) is 2. The van der Waals surface area contributed by atoms with Gasteiger partial charge in [0.25, 0.3) is 0 Å². The first-order chi connectivity index (χ1) is 11.9. The monoisotopic (exact) mass is 349 g/mol. The van der Waals surface area contributed by atoms with Gasteiger partial charge in [0.2, 0.25) is 5.91 Å². The van der Waals surface area contributed by atoms with Gasteiger partial charge < -0.3 is 10.4 Å². The van der Waals surface area contributed by atoms with E-state index in [1.165, 1.54) is 12.1 Å². The number of rotatable bonds is 6. The summed E-state index contributed by atoms with van der Waals surface area (Å²) in [6, 6.07) is 4.80. The average Bonchev–Trinajstić information content (AvgIpc) is 3.38. The number of aliphatic hydroxyl groups excluding tert-OH is 1. The normalized spacial score (nSPS) is 21.8. The molecular weight excluding hydrogens is 321 g/mol. The van der Waals surface area contributed by atoms with E-state index in [4.69, 9.17) is 0 Å². The van der Waals surface area contributed by atoms with Gasteiger partial charge in [-0.15, -0.1) is 0 Å². The molecule has 3 rings (SSSR count). The highest BCUT2D eigenvalue weighted by Crippen LogP contribution is 2.21. The Balaban J connectivity index is 1.47. The van der Waals surface area contributed by atoms with Crippen LogP contribution in [0.5, 0.6) is 0 Å². The second kappa shape index (κ2) is 7.81. The van der Waals surface area contributed by atoms with E-state index < -0.39 is 6.10 Å². The van der Waals surface area contributed by atoms with E-state index in [1.807, 2.05) is 13.8 Å². The number of hydrogen-bond donors (Lipinski definition) is 2. The molecule has 5 nitrogen and oxygen atoms in total. The number of nitrogens with one attached hydrogen (secondary N) is 1. The predicted octanol–water partition coefficient (Wildman–Crippen LogP) is 1.45. The number of β-amino-alcohol motifs (C(OH)–C–C–N with tert-alkyl or cyclic N) is 1. The molecule has 6 heteroatoms. The fraction of sp³-hybridized carbons (Fsp3) is 0.632. The van der Waals surface area contributed by atoms with Crippen LogP contribution in [0.3, 0.4) is 0 Å². The molecule has 138 valence electrons. The molecule has 1 aromatic carbocycles. The van der Waals surface area contributed by atoms with Crippen molar-refractivity contribution in [2.45, 2.75) is 44.9 Å². The van der Waals surface area contributed by atoms with Crippen molar-refractivity contribution >= 4 is 5.91 Å². The standard InChI is InChI=1S/C19H28FN3O2/c1-13-11-15(20)3-6-17(13)18(24)12-22-7-9-23(10-8-22)14(2)19(25)21-16-4-5-16/h3,6,11,14,16,18,24H,4-5,7-10,12H2,1-2H3,(H,21,25). The van der Waals surface area contributed by atoms with Crippen molar-refractivity contribution in [2.75, 3.05) is 32.7 Å². The van der Waals surface area contributed by atoms with E-state index in [-0.39, 0.29) is 17.8 Å². The summed E-state index contributed by atoms with van der Waals surface area (Å²) >= 11 is 0. The Kier molecular flexibility index (Phi) is 5.71. The molecule has 1 heterocycles. The molecule has 0 bridgehead atoms. The van der Waals surface area contributed by atoms with Gasteiger partial charge in [-0.05, 0) is 49.9 Å². The maximum absolute atomic E-state index is 13.2. The number of piperazine rings is 1. The second-order valence-electron chi connectivity index (χ2n) is 7.31. The van der Waals surface area contributed by atoms with Crippen molar-refractivity contribution in [3.8, 4) is 0 Å². The molecule has 1 aliphatic carbocycles. The summed E-state index contributed by atoms with van der Waals surface area (Å²) in [6.45, 7) is 7.58. The fourth-order valence-corrected chi connectivity index (χ4v) is 3.40. The van der Waals surface area contributed by atoms with Gasteiger partial charge >= 0.3 is 0 Å². The van der Waals surface area contributed by atoms with Gasteiger partial charge in [0.1, 0.15) is 5.82 Å². The Bertz CT molecular complexity index is 613. The molecule has 0 spiro atoms. The van der Waals surface area contributed by atoms with Crippen molar-refractivity contribution in [1.29, 1.82) is 0 Å². The minimum absolute atomic E-state index is 0.105. The molecule has 1 aliphatic heterocycles. The summed E-state index contributed by atoms with van der Waals surface area (Å²) in [5.41, 5.74) is 1.55. The Labute approximate surface area is 148 Å². The van der Waals surface area contributed by atoms with Crippen molar-refractivity contribution in [2.24, 2.45) is 0 Å². The lowest BCUT2D eigenvalue weighted by Crippen LogP contribution is -2.54. The van der Waals surface area contributed by atoms with Crippen molar-refractivity contribution in [1.82, 2.24) is 15.1 Å². The first kappa shape index (κ1) is 18.3. The van der Waals surface area contributed by atoms with Crippen molar-refractivity contribution in [3.05, 3.63) is 35.1 Å². The van der Waals surface area contributed by atoms with E-state index in [0.717, 1.165) is 50.1 Å². The minimum atomic E-state index is -0.622. The molecule has 1 saturated carbocycles. The third kappa shape index (κ3) is 4.77. The highest BCUT2D eigenvalue weighted by molar-refractivity contribution is 5.81. The Morgan fingerprint density at radius 1 is 1.32 bits per heavy atom. The zero-order valence-electron chi connectivity index (χ0n) is 15.0. The number of carbonyl (C=O) groups is 1. The summed E-state index contributed by atoms with van der Waals surface area (Å²) in [5, 5.41) is 13.5. The second-order valence-corrected chi connectivity index (χ2v) is 7.31. The number of aryl methyl sites for hydroxylation is 1. The van der Waals surface area contributed by atoms with Crippen LogP contribution in [-0.4, -0.2) is 65.6 Å². The number of hydrogen-bond acceptors (Lipinski definition) is 4. The Hall–Kier alpha value is -1.50. The van der Waals surface area contributed by atoms with Crippen LogP contribution in [0.15, 0.2) is 18.2 Å². The lowest BCUT2D eigenvalue weighted by Gasteiger charge is -2.38. The van der Waals surface area contributed by atoms with E-state index in [1.54, 1.807) is 6.07 Å². The number of carbonyl (C=O) groups excluding carboxylic acids is 1. The molecule has 1 amide bonds. The van der Waals surface area contributed by atoms with Crippen LogP contribution in [0, 0.1) is 12.7 Å². The van der Waals surface area contributed by atoms with Crippen LogP contribution in [0.25, 0.3) is 0 Å². The van der Waals surface area contributed by atoms with Crippen LogP contribution in [-0.2, 0) is 4.79 Å². The minimum Gasteiger partial charge on any atom is -0.387 e. The lowest BCUT2D eigenvalue weighted by molar-refractivity contribution is -0.126. The summed E-state index contributed by atoms with van der Waals surface area (Å²) < 4.78 is 13.2. The topological polar surface area (TPSA) is 55.8 Å². The molecule has 2 fully saturated rings. The summed E-state index contributed by atoms with van der Waals surface area (Å²) in [6.07, 6.45) is 1.59. The highest BCUT2D eigenvalue weighted by atomic mass is 19.1. The fourth-order valence-electron chi connectivity index (χ4n) is 3.40. The van der Waals surface area contributed by atoms with Crippen LogP contribution < -0.4 is 5.32 Å². The molecule has 0 radical (unpaired) electrons. The quantitative estimate of drug-likeness (QED) is 0.816. The molecule has 1 saturated heterocycles. The molecule has 2 atom stereocenters. The smallest absolute Gasteiger partial charge is 0.237 e. The third-order valence-electron chi connectivity index (χ3n) is 5.28. The number of aliphatic hydroxyl groups is 1. The largest absolute Gasteiger partial charge is 0.387 e. The molecule has 1 aromatic rings. The van der Waals surface area contributed by atoms with Gasteiger partial charge in [-0.25, -0.2) is 4.39 Å². The Morgan fingerprint density at radius 3 is 2.60 bits per heavy atom. The van der Waals surface area contributed by atoms with Gasteiger partial charge in [-0.1, -0.05) is 6.07 Å². The molecule has 2 aliphatic rings. The summed E-state index contributed by atoms with van der Waals surface area (Å²) in [5.74, 6) is -0.154. The van der Waals surface area contributed by atoms with E-state index >= 15 is 0 Å². The van der Waals surface area contributed by atoms with E-state index in [9.17, 15) is 14.3 Å². The number of amides is 1. The van der Waals surface area contributed by atoms with Crippen LogP contribution >= 0.6 is 0 Å². The van der Waals surface area contributed by atoms with Gasteiger partial charge in [0, 0.05) is 38.8 Å². The van der Waals surface area contributed by atoms with Crippen molar-refractivity contribution in [3.63, 3.8) is 0 Å². The highest BCUT2D eigenvalue weighted by Gasteiger charge is 2.30. The zero-order chi connectivity index (χ0) is 18.0. The lowest BCUT2D eigenvalue weighted by atomic mass is 10.0. The maximum atomic E-state index is 13.2. The summed E-state index contributed by atoms with van der Waals surface area (Å²) in [4.78, 5) is 16.6. The average molecular weight is 349 g/mol. The first-order valence-electron chi connectivity index (χ1n) is 9.15. The van der Waals surface area contributed by atoms with Gasteiger partial charge in [0.15, 0.2) is 0 Å². The van der Waals surface area contributed by atoms with Crippen molar-refractivity contribution < 1.29 is 14.3 Å². The number of halogens is 1. The van der Waals surface area contributed by atoms with Crippen LogP contribution in [0.1, 0.15) is 37.0 Å². The van der Waals surface area contributed by atoms with Crippen LogP contribution in [0.2, 0.25) is 0 Å². The summed E-state index contributed by atoms with van der Waals surface area (Å²) in [7, 11) is 0.